The van der Waals surface area contributed by atoms with Crippen molar-refractivity contribution in [3.63, 3.8) is 0 Å². The lowest BCUT2D eigenvalue weighted by molar-refractivity contribution is 0.0474. The van der Waals surface area contributed by atoms with Crippen LogP contribution in [0.15, 0.2) is 60.7 Å². The number of carbonyl (C=O) groups is 2. The summed E-state index contributed by atoms with van der Waals surface area (Å²) in [6, 6.07) is 18.1. The van der Waals surface area contributed by atoms with E-state index in [1.165, 1.54) is 6.07 Å². The van der Waals surface area contributed by atoms with E-state index in [-0.39, 0.29) is 12.4 Å². The van der Waals surface area contributed by atoms with E-state index < -0.39 is 5.97 Å². The van der Waals surface area contributed by atoms with Gasteiger partial charge in [-0.05, 0) is 50.2 Å². The fraction of sp³-hybridized carbons (Fsp3) is 0.143. The maximum absolute atomic E-state index is 12.5. The van der Waals surface area contributed by atoms with Gasteiger partial charge in [0.2, 0.25) is 5.78 Å². The first kappa shape index (κ1) is 18.0. The van der Waals surface area contributed by atoms with Crippen molar-refractivity contribution < 1.29 is 14.3 Å². The lowest BCUT2D eigenvalue weighted by atomic mass is 10.1. The second-order valence-corrected chi connectivity index (χ2v) is 6.40. The zero-order valence-corrected chi connectivity index (χ0v) is 15.3. The lowest BCUT2D eigenvalue weighted by Gasteiger charge is -2.09. The van der Waals surface area contributed by atoms with E-state index in [4.69, 9.17) is 16.3 Å². The van der Waals surface area contributed by atoms with E-state index in [1.54, 1.807) is 18.2 Å². The number of para-hydroxylation sites is 1. The second kappa shape index (κ2) is 7.58. The number of aryl methyl sites for hydroxylation is 1. The van der Waals surface area contributed by atoms with Crippen LogP contribution in [0.5, 0.6) is 0 Å². The van der Waals surface area contributed by atoms with Gasteiger partial charge in [-0.25, -0.2) is 4.79 Å². The molecule has 0 unspecified atom stereocenters. The summed E-state index contributed by atoms with van der Waals surface area (Å²) in [5.74, 6) is -0.812. The van der Waals surface area contributed by atoms with Crippen LogP contribution in [0.1, 0.15) is 32.1 Å². The molecule has 0 aliphatic carbocycles. The molecule has 5 heteroatoms. The second-order valence-electron chi connectivity index (χ2n) is 5.97. The highest BCUT2D eigenvalue weighted by Crippen LogP contribution is 2.21. The van der Waals surface area contributed by atoms with Crippen LogP contribution in [-0.2, 0) is 4.74 Å². The number of nitrogens with zero attached hydrogens (tertiary/aromatic N) is 1. The number of ether oxygens (including phenoxy) is 1. The van der Waals surface area contributed by atoms with Crippen molar-refractivity contribution in [3.05, 3.63) is 88.2 Å². The highest BCUT2D eigenvalue weighted by molar-refractivity contribution is 6.30. The van der Waals surface area contributed by atoms with Crippen LogP contribution in [-0.4, -0.2) is 22.9 Å². The van der Waals surface area contributed by atoms with Gasteiger partial charge in [-0.2, -0.15) is 0 Å². The van der Waals surface area contributed by atoms with Gasteiger partial charge >= 0.3 is 5.97 Å². The molecule has 2 aromatic carbocycles. The van der Waals surface area contributed by atoms with E-state index >= 15 is 0 Å². The Bertz CT molecular complexity index is 961. The molecule has 3 rings (SSSR count). The van der Waals surface area contributed by atoms with Gasteiger partial charge in [-0.15, -0.1) is 0 Å². The van der Waals surface area contributed by atoms with Gasteiger partial charge in [0, 0.05) is 27.7 Å². The van der Waals surface area contributed by atoms with Crippen molar-refractivity contribution in [1.29, 1.82) is 0 Å². The number of rotatable bonds is 5. The predicted molar refractivity (Wildman–Crippen MR) is 101 cm³/mol. The van der Waals surface area contributed by atoms with Gasteiger partial charge in [0.25, 0.3) is 0 Å². The SMILES string of the molecule is Cc1cc(C(=O)COC(=O)c2cccc(Cl)c2)c(C)n1-c1ccccc1. The third-order valence-electron chi connectivity index (χ3n) is 4.14. The molecule has 0 saturated heterocycles. The van der Waals surface area contributed by atoms with Crippen molar-refractivity contribution in [2.45, 2.75) is 13.8 Å². The summed E-state index contributed by atoms with van der Waals surface area (Å²) in [6.07, 6.45) is 0. The Labute approximate surface area is 157 Å². The third kappa shape index (κ3) is 3.70. The molecule has 26 heavy (non-hydrogen) atoms. The number of esters is 1. The summed E-state index contributed by atoms with van der Waals surface area (Å²) in [7, 11) is 0. The van der Waals surface area contributed by atoms with Crippen molar-refractivity contribution >= 4 is 23.4 Å². The molecule has 1 heterocycles. The minimum Gasteiger partial charge on any atom is -0.454 e. The van der Waals surface area contributed by atoms with Crippen molar-refractivity contribution in [3.8, 4) is 5.69 Å². The van der Waals surface area contributed by atoms with E-state index in [2.05, 4.69) is 0 Å². The fourth-order valence-corrected chi connectivity index (χ4v) is 3.12. The highest BCUT2D eigenvalue weighted by atomic mass is 35.5. The first-order chi connectivity index (χ1) is 12.5. The van der Waals surface area contributed by atoms with Gasteiger partial charge in [-0.1, -0.05) is 35.9 Å². The van der Waals surface area contributed by atoms with Crippen LogP contribution in [0.3, 0.4) is 0 Å². The number of aromatic nitrogens is 1. The van der Waals surface area contributed by atoms with Crippen molar-refractivity contribution in [2.75, 3.05) is 6.61 Å². The van der Waals surface area contributed by atoms with Gasteiger partial charge in [0.15, 0.2) is 6.61 Å². The predicted octanol–water partition coefficient (Wildman–Crippen LogP) is 4.79. The molecule has 1 aromatic heterocycles. The molecule has 0 amide bonds. The van der Waals surface area contributed by atoms with E-state index in [9.17, 15) is 9.59 Å². The summed E-state index contributed by atoms with van der Waals surface area (Å²) in [6.45, 7) is 3.51. The average Bonchev–Trinajstić information content (AvgIpc) is 2.94. The minimum atomic E-state index is -0.572. The normalized spacial score (nSPS) is 10.6. The van der Waals surface area contributed by atoms with Crippen LogP contribution in [0.25, 0.3) is 5.69 Å². The summed E-state index contributed by atoms with van der Waals surface area (Å²) >= 11 is 5.87. The Morgan fingerprint density at radius 1 is 1.00 bits per heavy atom. The maximum atomic E-state index is 12.5. The number of ketones is 1. The number of Topliss-reactive ketones (excluding diaryl/α,β-unsaturated/α-hetero) is 1. The van der Waals surface area contributed by atoms with Crippen LogP contribution >= 0.6 is 11.6 Å². The Kier molecular flexibility index (Phi) is 5.24. The minimum absolute atomic E-state index is 0.240. The smallest absolute Gasteiger partial charge is 0.338 e. The molecule has 0 aliphatic heterocycles. The Morgan fingerprint density at radius 2 is 1.73 bits per heavy atom. The quantitative estimate of drug-likeness (QED) is 0.481. The Morgan fingerprint density at radius 3 is 2.42 bits per heavy atom. The molecule has 0 atom stereocenters. The summed E-state index contributed by atoms with van der Waals surface area (Å²) < 4.78 is 7.16. The molecule has 0 fully saturated rings. The van der Waals surface area contributed by atoms with Crippen LogP contribution < -0.4 is 0 Å². The number of benzene rings is 2. The van der Waals surface area contributed by atoms with Gasteiger partial charge in [0.1, 0.15) is 0 Å². The molecule has 0 aliphatic rings. The molecule has 0 spiro atoms. The van der Waals surface area contributed by atoms with Crippen LogP contribution in [0.4, 0.5) is 0 Å². The summed E-state index contributed by atoms with van der Waals surface area (Å²) in [4.78, 5) is 24.6. The van der Waals surface area contributed by atoms with Gasteiger partial charge in [-0.3, -0.25) is 4.79 Å². The molecule has 0 radical (unpaired) electrons. The van der Waals surface area contributed by atoms with Crippen LogP contribution in [0.2, 0.25) is 5.02 Å². The maximum Gasteiger partial charge on any atom is 0.338 e. The monoisotopic (exact) mass is 367 g/mol. The van der Waals surface area contributed by atoms with E-state index in [0.29, 0.717) is 16.1 Å². The van der Waals surface area contributed by atoms with Gasteiger partial charge < -0.3 is 9.30 Å². The molecular formula is C21H18ClNO3. The standard InChI is InChI=1S/C21H18ClNO3/c1-14-11-19(15(2)23(14)18-9-4-3-5-10-18)20(24)13-26-21(25)16-7-6-8-17(22)12-16/h3-12H,13H2,1-2H3. The average molecular weight is 368 g/mol. The molecule has 0 saturated carbocycles. The molecule has 0 N–H and O–H groups in total. The molecule has 0 bridgehead atoms. The highest BCUT2D eigenvalue weighted by Gasteiger charge is 2.18. The lowest BCUT2D eigenvalue weighted by Crippen LogP contribution is -2.15. The number of halogens is 1. The number of hydrogen-bond acceptors (Lipinski definition) is 3. The third-order valence-corrected chi connectivity index (χ3v) is 4.38. The summed E-state index contributed by atoms with van der Waals surface area (Å²) in [5.41, 5.74) is 3.61. The first-order valence-corrected chi connectivity index (χ1v) is 8.55. The zero-order chi connectivity index (χ0) is 18.7. The fourth-order valence-electron chi connectivity index (χ4n) is 2.93. The Hall–Kier alpha value is -2.85. The molecule has 132 valence electrons. The number of hydrogen-bond donors (Lipinski definition) is 0. The largest absolute Gasteiger partial charge is 0.454 e. The van der Waals surface area contributed by atoms with E-state index in [1.807, 2.05) is 54.8 Å². The van der Waals surface area contributed by atoms with Crippen molar-refractivity contribution in [2.24, 2.45) is 0 Å². The molecular weight excluding hydrogens is 350 g/mol. The van der Waals surface area contributed by atoms with E-state index in [0.717, 1.165) is 17.1 Å². The molecule has 4 nitrogen and oxygen atoms in total. The molecule has 3 aromatic rings. The topological polar surface area (TPSA) is 48.3 Å². The van der Waals surface area contributed by atoms with Crippen molar-refractivity contribution in [1.82, 2.24) is 4.57 Å². The summed E-state index contributed by atoms with van der Waals surface area (Å²) in [5, 5.41) is 0.442. The first-order valence-electron chi connectivity index (χ1n) is 8.17. The Balaban J connectivity index is 1.76. The number of carbonyl (C=O) groups excluding carboxylic acids is 2. The van der Waals surface area contributed by atoms with Gasteiger partial charge in [0.05, 0.1) is 5.56 Å². The van der Waals surface area contributed by atoms with Crippen LogP contribution in [0, 0.1) is 13.8 Å². The zero-order valence-electron chi connectivity index (χ0n) is 14.5.